The lowest BCUT2D eigenvalue weighted by atomic mass is 10.2. The van der Waals surface area contributed by atoms with Crippen LogP contribution in [-0.4, -0.2) is 35.5 Å². The fraction of sp³-hybridized carbons (Fsp3) is 0.529. The molecule has 2 rings (SSSR count). The quantitative estimate of drug-likeness (QED) is 0.688. The Hall–Kier alpha value is -1.66. The largest absolute Gasteiger partial charge is 0.465 e. The third-order valence-corrected chi connectivity index (χ3v) is 4.14. The molecule has 0 saturated heterocycles. The van der Waals surface area contributed by atoms with Gasteiger partial charge in [0.15, 0.2) is 0 Å². The molecule has 0 bridgehead atoms. The molecule has 0 spiro atoms. The van der Waals surface area contributed by atoms with E-state index in [4.69, 9.17) is 9.15 Å². The van der Waals surface area contributed by atoms with E-state index in [1.165, 1.54) is 0 Å². The van der Waals surface area contributed by atoms with Crippen LogP contribution < -0.4 is 0 Å². The number of esters is 1. The molecule has 0 aliphatic carbocycles. The molecular formula is C17H24N2O3S. The van der Waals surface area contributed by atoms with E-state index in [0.29, 0.717) is 25.0 Å². The van der Waals surface area contributed by atoms with Gasteiger partial charge >= 0.3 is 5.97 Å². The first-order valence-electron chi connectivity index (χ1n) is 7.87. The number of carbonyl (C=O) groups excluding carboxylic acids is 1. The zero-order valence-corrected chi connectivity index (χ0v) is 15.0. The maximum Gasteiger partial charge on any atom is 0.320 e. The molecule has 2 heterocycles. The number of oxazole rings is 1. The molecule has 0 saturated carbocycles. The zero-order valence-electron chi connectivity index (χ0n) is 14.2. The normalized spacial score (nSPS) is 11.4. The predicted molar refractivity (Wildman–Crippen MR) is 91.3 cm³/mol. The fourth-order valence-electron chi connectivity index (χ4n) is 2.38. The Morgan fingerprint density at radius 3 is 2.87 bits per heavy atom. The summed E-state index contributed by atoms with van der Waals surface area (Å²) in [6.07, 6.45) is 0. The van der Waals surface area contributed by atoms with E-state index in [1.807, 2.05) is 31.4 Å². The summed E-state index contributed by atoms with van der Waals surface area (Å²) < 4.78 is 10.8. The number of ether oxygens (including phenoxy) is 1. The van der Waals surface area contributed by atoms with Crippen LogP contribution in [0.2, 0.25) is 0 Å². The number of hydrogen-bond donors (Lipinski definition) is 0. The van der Waals surface area contributed by atoms with Gasteiger partial charge in [-0.3, -0.25) is 9.69 Å². The highest BCUT2D eigenvalue weighted by atomic mass is 32.1. The Kier molecular flexibility index (Phi) is 6.36. The molecule has 0 aliphatic rings. The maximum atomic E-state index is 11.8. The van der Waals surface area contributed by atoms with Gasteiger partial charge in [-0.1, -0.05) is 19.9 Å². The van der Waals surface area contributed by atoms with E-state index in [-0.39, 0.29) is 12.5 Å². The second kappa shape index (κ2) is 8.26. The van der Waals surface area contributed by atoms with Crippen LogP contribution in [0.4, 0.5) is 0 Å². The molecule has 0 aliphatic heterocycles. The molecule has 2 aromatic rings. The highest BCUT2D eigenvalue weighted by molar-refractivity contribution is 7.13. The minimum Gasteiger partial charge on any atom is -0.465 e. The lowest BCUT2D eigenvalue weighted by Crippen LogP contribution is -2.33. The second-order valence-corrected chi connectivity index (χ2v) is 6.82. The van der Waals surface area contributed by atoms with Crippen LogP contribution >= 0.6 is 11.3 Å². The van der Waals surface area contributed by atoms with Crippen LogP contribution in [0.1, 0.15) is 32.2 Å². The van der Waals surface area contributed by atoms with Crippen molar-refractivity contribution in [2.45, 2.75) is 34.2 Å². The molecule has 5 nitrogen and oxygen atoms in total. The Morgan fingerprint density at radius 1 is 1.48 bits per heavy atom. The number of rotatable bonds is 8. The highest BCUT2D eigenvalue weighted by Crippen LogP contribution is 2.26. The molecule has 0 atom stereocenters. The third-order valence-electron chi connectivity index (χ3n) is 3.28. The average molecular weight is 336 g/mol. The van der Waals surface area contributed by atoms with E-state index < -0.39 is 0 Å². The smallest absolute Gasteiger partial charge is 0.320 e. The summed E-state index contributed by atoms with van der Waals surface area (Å²) in [5.74, 6) is 1.69. The monoisotopic (exact) mass is 336 g/mol. The molecule has 0 radical (unpaired) electrons. The highest BCUT2D eigenvalue weighted by Gasteiger charge is 2.18. The van der Waals surface area contributed by atoms with Crippen molar-refractivity contribution in [3.63, 3.8) is 0 Å². The second-order valence-electron chi connectivity index (χ2n) is 5.87. The summed E-state index contributed by atoms with van der Waals surface area (Å²) in [6.45, 7) is 10.1. The van der Waals surface area contributed by atoms with Gasteiger partial charge in [0.25, 0.3) is 0 Å². The summed E-state index contributed by atoms with van der Waals surface area (Å²) in [6, 6.07) is 3.97. The van der Waals surface area contributed by atoms with Gasteiger partial charge in [0, 0.05) is 13.1 Å². The molecule has 23 heavy (non-hydrogen) atoms. The van der Waals surface area contributed by atoms with Crippen molar-refractivity contribution in [3.8, 4) is 10.8 Å². The van der Waals surface area contributed by atoms with Gasteiger partial charge in [-0.25, -0.2) is 4.98 Å². The minimum absolute atomic E-state index is 0.201. The van der Waals surface area contributed by atoms with Crippen molar-refractivity contribution >= 4 is 17.3 Å². The zero-order chi connectivity index (χ0) is 16.8. The van der Waals surface area contributed by atoms with Crippen LogP contribution in [-0.2, 0) is 16.1 Å². The molecule has 126 valence electrons. The number of nitrogens with zero attached hydrogens (tertiary/aromatic N) is 2. The SMILES string of the molecule is CCOC(=O)CN(Cc1nc(-c2cccs2)oc1C)CC(C)C. The summed E-state index contributed by atoms with van der Waals surface area (Å²) in [5.41, 5.74) is 0.873. The lowest BCUT2D eigenvalue weighted by Gasteiger charge is -2.22. The van der Waals surface area contributed by atoms with Crippen molar-refractivity contribution in [2.24, 2.45) is 5.92 Å². The van der Waals surface area contributed by atoms with Crippen molar-refractivity contribution in [1.29, 1.82) is 0 Å². The minimum atomic E-state index is -0.201. The fourth-order valence-corrected chi connectivity index (χ4v) is 3.03. The Balaban J connectivity index is 2.10. The summed E-state index contributed by atoms with van der Waals surface area (Å²) in [7, 11) is 0. The van der Waals surface area contributed by atoms with Gasteiger partial charge in [-0.15, -0.1) is 11.3 Å². The lowest BCUT2D eigenvalue weighted by molar-refractivity contribution is -0.144. The van der Waals surface area contributed by atoms with E-state index >= 15 is 0 Å². The molecule has 6 heteroatoms. The van der Waals surface area contributed by atoms with Gasteiger partial charge in [0.05, 0.1) is 23.7 Å². The van der Waals surface area contributed by atoms with Crippen LogP contribution in [0.25, 0.3) is 10.8 Å². The Morgan fingerprint density at radius 2 is 2.26 bits per heavy atom. The van der Waals surface area contributed by atoms with E-state index in [2.05, 4.69) is 23.7 Å². The third kappa shape index (κ3) is 5.18. The van der Waals surface area contributed by atoms with Gasteiger partial charge in [-0.2, -0.15) is 0 Å². The molecule has 0 amide bonds. The summed E-state index contributed by atoms with van der Waals surface area (Å²) >= 11 is 1.60. The number of carbonyl (C=O) groups is 1. The summed E-state index contributed by atoms with van der Waals surface area (Å²) in [5, 5.41) is 2.00. The van der Waals surface area contributed by atoms with Gasteiger partial charge in [0.2, 0.25) is 5.89 Å². The van der Waals surface area contributed by atoms with Gasteiger partial charge < -0.3 is 9.15 Å². The van der Waals surface area contributed by atoms with Gasteiger partial charge in [-0.05, 0) is 31.2 Å². The van der Waals surface area contributed by atoms with Gasteiger partial charge in [0.1, 0.15) is 5.76 Å². The molecule has 2 aromatic heterocycles. The number of aryl methyl sites for hydroxylation is 1. The van der Waals surface area contributed by atoms with Crippen LogP contribution in [0.5, 0.6) is 0 Å². The maximum absolute atomic E-state index is 11.8. The first-order chi connectivity index (χ1) is 11.0. The predicted octanol–water partition coefficient (Wildman–Crippen LogP) is 3.73. The number of thiophene rings is 1. The molecule has 0 N–H and O–H groups in total. The van der Waals surface area contributed by atoms with E-state index in [1.54, 1.807) is 11.3 Å². The molecular weight excluding hydrogens is 312 g/mol. The average Bonchev–Trinajstić information content (AvgIpc) is 3.08. The first-order valence-corrected chi connectivity index (χ1v) is 8.75. The number of hydrogen-bond acceptors (Lipinski definition) is 6. The van der Waals surface area contributed by atoms with E-state index in [0.717, 1.165) is 22.9 Å². The molecule has 0 fully saturated rings. The topological polar surface area (TPSA) is 55.6 Å². The van der Waals surface area contributed by atoms with Crippen LogP contribution in [0.3, 0.4) is 0 Å². The van der Waals surface area contributed by atoms with Crippen molar-refractivity contribution in [1.82, 2.24) is 9.88 Å². The van der Waals surface area contributed by atoms with Crippen LogP contribution in [0, 0.1) is 12.8 Å². The van der Waals surface area contributed by atoms with E-state index in [9.17, 15) is 4.79 Å². The molecule has 0 aromatic carbocycles. The first kappa shape index (κ1) is 17.7. The Labute approximate surface area is 141 Å². The van der Waals surface area contributed by atoms with Crippen molar-refractivity contribution in [2.75, 3.05) is 19.7 Å². The standard InChI is InChI=1S/C17H24N2O3S/c1-5-21-16(20)11-19(9-12(2)3)10-14-13(4)22-17(18-14)15-7-6-8-23-15/h6-8,12H,5,9-11H2,1-4H3. The molecule has 0 unspecified atom stereocenters. The summed E-state index contributed by atoms with van der Waals surface area (Å²) in [4.78, 5) is 19.5. The van der Waals surface area contributed by atoms with Crippen molar-refractivity contribution in [3.05, 3.63) is 29.0 Å². The van der Waals surface area contributed by atoms with Crippen LogP contribution in [0.15, 0.2) is 21.9 Å². The van der Waals surface area contributed by atoms with Crippen molar-refractivity contribution < 1.29 is 13.9 Å². The Bertz CT molecular complexity index is 620. The number of aromatic nitrogens is 1.